The number of halogens is 2. The van der Waals surface area contributed by atoms with E-state index < -0.39 is 29.7 Å². The number of likely N-dealkylation sites (tertiary alicyclic amines) is 1. The first-order valence-electron chi connectivity index (χ1n) is 5.76. The third-order valence-electron chi connectivity index (χ3n) is 3.37. The molecule has 1 fully saturated rings. The Bertz CT molecular complexity index is 538. The second-order valence-corrected chi connectivity index (χ2v) is 4.82. The lowest BCUT2D eigenvalue weighted by atomic mass is 10.0. The number of amides is 1. The van der Waals surface area contributed by atoms with E-state index in [-0.39, 0.29) is 10.7 Å². The average Bonchev–Trinajstić information content (AvgIpc) is 2.73. The number of pyridine rings is 1. The maximum atomic E-state index is 13.1. The highest BCUT2D eigenvalue weighted by Gasteiger charge is 2.38. The Balaban J connectivity index is 2.26. The van der Waals surface area contributed by atoms with Crippen LogP contribution in [0.4, 0.5) is 4.39 Å². The number of rotatable bonds is 2. The Labute approximate surface area is 114 Å². The highest BCUT2D eigenvalue weighted by molar-refractivity contribution is 6.32. The smallest absolute Gasteiger partial charge is 0.308 e. The minimum atomic E-state index is -0.939. The van der Waals surface area contributed by atoms with E-state index in [9.17, 15) is 14.0 Å². The van der Waals surface area contributed by atoms with Crippen LogP contribution < -0.4 is 0 Å². The molecule has 0 bridgehead atoms. The fourth-order valence-corrected chi connectivity index (χ4v) is 2.47. The first kappa shape index (κ1) is 13.7. The molecule has 19 heavy (non-hydrogen) atoms. The molecule has 1 aromatic rings. The molecule has 0 saturated carbocycles. The zero-order valence-corrected chi connectivity index (χ0v) is 10.9. The van der Waals surface area contributed by atoms with Gasteiger partial charge in [0.2, 0.25) is 0 Å². The van der Waals surface area contributed by atoms with Gasteiger partial charge in [-0.3, -0.25) is 9.59 Å². The van der Waals surface area contributed by atoms with Gasteiger partial charge in [0.05, 0.1) is 17.7 Å². The van der Waals surface area contributed by atoms with Crippen molar-refractivity contribution < 1.29 is 19.1 Å². The Morgan fingerprint density at radius 3 is 2.84 bits per heavy atom. The number of carboxylic acids is 1. The molecule has 2 unspecified atom stereocenters. The third kappa shape index (κ3) is 2.53. The Kier molecular flexibility index (Phi) is 3.71. The van der Waals surface area contributed by atoms with E-state index in [1.165, 1.54) is 4.90 Å². The number of hydrogen-bond donors (Lipinski definition) is 1. The summed E-state index contributed by atoms with van der Waals surface area (Å²) in [4.78, 5) is 28.2. The largest absolute Gasteiger partial charge is 0.481 e. The van der Waals surface area contributed by atoms with Crippen molar-refractivity contribution in [1.29, 1.82) is 0 Å². The normalized spacial score (nSPS) is 22.6. The number of carbonyl (C=O) groups excluding carboxylic acids is 1. The van der Waals surface area contributed by atoms with Gasteiger partial charge in [0.25, 0.3) is 5.91 Å². The predicted octanol–water partition coefficient (Wildman–Crippen LogP) is 1.81. The lowest BCUT2D eigenvalue weighted by Crippen LogP contribution is -2.37. The Morgan fingerprint density at radius 1 is 1.58 bits per heavy atom. The van der Waals surface area contributed by atoms with Gasteiger partial charge in [0, 0.05) is 12.6 Å². The van der Waals surface area contributed by atoms with Crippen molar-refractivity contribution in [2.45, 2.75) is 19.4 Å². The first-order valence-corrected chi connectivity index (χ1v) is 6.14. The first-order chi connectivity index (χ1) is 8.91. The van der Waals surface area contributed by atoms with Gasteiger partial charge in [-0.25, -0.2) is 9.37 Å². The second kappa shape index (κ2) is 5.13. The summed E-state index contributed by atoms with van der Waals surface area (Å²) >= 11 is 5.77. The maximum absolute atomic E-state index is 13.1. The summed E-state index contributed by atoms with van der Waals surface area (Å²) in [6, 6.07) is 0.558. The summed E-state index contributed by atoms with van der Waals surface area (Å²) in [5, 5.41) is 8.93. The van der Waals surface area contributed by atoms with Crippen LogP contribution in [0.5, 0.6) is 0 Å². The van der Waals surface area contributed by atoms with Crippen molar-refractivity contribution in [1.82, 2.24) is 9.88 Å². The maximum Gasteiger partial charge on any atom is 0.308 e. The van der Waals surface area contributed by atoms with Gasteiger partial charge in [0.15, 0.2) is 0 Å². The number of hydrogen-bond acceptors (Lipinski definition) is 3. The molecule has 0 aromatic carbocycles. The summed E-state index contributed by atoms with van der Waals surface area (Å²) in [6.07, 6.45) is 1.30. The minimum Gasteiger partial charge on any atom is -0.481 e. The molecule has 102 valence electrons. The molecule has 1 saturated heterocycles. The molecule has 7 heteroatoms. The Hall–Kier alpha value is -1.69. The van der Waals surface area contributed by atoms with Gasteiger partial charge < -0.3 is 10.0 Å². The summed E-state index contributed by atoms with van der Waals surface area (Å²) < 4.78 is 13.1. The van der Waals surface area contributed by atoms with Crippen LogP contribution in [0.15, 0.2) is 12.3 Å². The monoisotopic (exact) mass is 286 g/mol. The van der Waals surface area contributed by atoms with E-state index in [1.54, 1.807) is 6.92 Å². The molecule has 1 aromatic heterocycles. The van der Waals surface area contributed by atoms with Gasteiger partial charge in [-0.05, 0) is 19.4 Å². The van der Waals surface area contributed by atoms with Crippen LogP contribution in [0.3, 0.4) is 0 Å². The molecule has 1 amide bonds. The molecular weight excluding hydrogens is 275 g/mol. The minimum absolute atomic E-state index is 0.0421. The van der Waals surface area contributed by atoms with Crippen LogP contribution in [0.2, 0.25) is 5.15 Å². The Morgan fingerprint density at radius 2 is 2.26 bits per heavy atom. The van der Waals surface area contributed by atoms with E-state index in [0.717, 1.165) is 12.3 Å². The van der Waals surface area contributed by atoms with Crippen LogP contribution in [-0.2, 0) is 4.79 Å². The highest BCUT2D eigenvalue weighted by Crippen LogP contribution is 2.27. The second-order valence-electron chi connectivity index (χ2n) is 4.46. The zero-order valence-electron chi connectivity index (χ0n) is 10.1. The van der Waals surface area contributed by atoms with E-state index in [4.69, 9.17) is 16.7 Å². The van der Waals surface area contributed by atoms with Crippen molar-refractivity contribution in [3.8, 4) is 0 Å². The summed E-state index contributed by atoms with van der Waals surface area (Å²) in [5.41, 5.74) is -0.0421. The van der Waals surface area contributed by atoms with Crippen LogP contribution in [-0.4, -0.2) is 39.5 Å². The molecular formula is C12H12ClFN2O3. The molecule has 2 atom stereocenters. The van der Waals surface area contributed by atoms with E-state index >= 15 is 0 Å². The molecule has 2 heterocycles. The summed E-state index contributed by atoms with van der Waals surface area (Å²) in [7, 11) is 0. The van der Waals surface area contributed by atoms with Crippen LogP contribution in [0.1, 0.15) is 23.7 Å². The molecule has 1 N–H and O–H groups in total. The topological polar surface area (TPSA) is 70.5 Å². The molecule has 0 spiro atoms. The van der Waals surface area contributed by atoms with Gasteiger partial charge in [-0.2, -0.15) is 0 Å². The molecule has 1 aliphatic heterocycles. The van der Waals surface area contributed by atoms with E-state index in [1.807, 2.05) is 0 Å². The molecule has 2 rings (SSSR count). The molecule has 0 radical (unpaired) electrons. The molecule has 5 nitrogen and oxygen atoms in total. The lowest BCUT2D eigenvalue weighted by molar-refractivity contribution is -0.142. The van der Waals surface area contributed by atoms with Crippen LogP contribution >= 0.6 is 11.6 Å². The van der Waals surface area contributed by atoms with Gasteiger partial charge >= 0.3 is 5.97 Å². The quantitative estimate of drug-likeness (QED) is 0.842. The highest BCUT2D eigenvalue weighted by atomic mass is 35.5. The van der Waals surface area contributed by atoms with Crippen molar-refractivity contribution >= 4 is 23.5 Å². The fraction of sp³-hybridized carbons (Fsp3) is 0.417. The number of aliphatic carboxylic acids is 1. The zero-order chi connectivity index (χ0) is 14.2. The number of carboxylic acid groups (broad SMARTS) is 1. The van der Waals surface area contributed by atoms with Crippen molar-refractivity contribution in [2.75, 3.05) is 6.54 Å². The lowest BCUT2D eigenvalue weighted by Gasteiger charge is -2.23. The van der Waals surface area contributed by atoms with Crippen LogP contribution in [0.25, 0.3) is 0 Å². The number of carbonyl (C=O) groups is 2. The van der Waals surface area contributed by atoms with E-state index in [2.05, 4.69) is 4.98 Å². The van der Waals surface area contributed by atoms with Gasteiger partial charge in [-0.15, -0.1) is 0 Å². The standard InChI is InChI=1S/C12H12ClFN2O3/c1-6-8(12(18)19)2-3-16(6)11(17)9-4-7(14)5-15-10(9)13/h4-6,8H,2-3H2,1H3,(H,18,19). The van der Waals surface area contributed by atoms with Crippen molar-refractivity contribution in [3.05, 3.63) is 28.8 Å². The SMILES string of the molecule is CC1C(C(=O)O)CCN1C(=O)c1cc(F)cnc1Cl. The van der Waals surface area contributed by atoms with Crippen molar-refractivity contribution in [3.63, 3.8) is 0 Å². The molecule has 1 aliphatic rings. The third-order valence-corrected chi connectivity index (χ3v) is 3.67. The van der Waals surface area contributed by atoms with Crippen LogP contribution in [0, 0.1) is 11.7 Å². The van der Waals surface area contributed by atoms with E-state index in [0.29, 0.717) is 13.0 Å². The van der Waals surface area contributed by atoms with Gasteiger partial charge in [-0.1, -0.05) is 11.6 Å². The number of aromatic nitrogens is 1. The predicted molar refractivity (Wildman–Crippen MR) is 65.4 cm³/mol. The molecule has 0 aliphatic carbocycles. The average molecular weight is 287 g/mol. The number of nitrogens with zero attached hydrogens (tertiary/aromatic N) is 2. The fourth-order valence-electron chi connectivity index (χ4n) is 2.28. The van der Waals surface area contributed by atoms with Gasteiger partial charge in [0.1, 0.15) is 11.0 Å². The van der Waals surface area contributed by atoms with Crippen molar-refractivity contribution in [2.24, 2.45) is 5.92 Å². The summed E-state index contributed by atoms with van der Waals surface area (Å²) in [6.45, 7) is 1.97. The summed E-state index contributed by atoms with van der Waals surface area (Å²) in [5.74, 6) is -2.70.